The van der Waals surface area contributed by atoms with E-state index < -0.39 is 0 Å². The van der Waals surface area contributed by atoms with E-state index in [-0.39, 0.29) is 0 Å². The molecule has 1 atom stereocenters. The SMILES string of the molecule is CCCC1=C(C)c2ccc(-c3ccccc3)cc2C1CCC. The molecule has 0 N–H and O–H groups in total. The summed E-state index contributed by atoms with van der Waals surface area (Å²) in [4.78, 5) is 0. The van der Waals surface area contributed by atoms with Crippen LogP contribution in [0.1, 0.15) is 63.5 Å². The molecule has 0 saturated carbocycles. The Hall–Kier alpha value is -1.82. The van der Waals surface area contributed by atoms with Crippen molar-refractivity contribution in [2.75, 3.05) is 0 Å². The number of hydrogen-bond acceptors (Lipinski definition) is 0. The Balaban J connectivity index is 2.04. The second-order valence-electron chi connectivity index (χ2n) is 6.41. The van der Waals surface area contributed by atoms with E-state index >= 15 is 0 Å². The van der Waals surface area contributed by atoms with Gasteiger partial charge in [-0.3, -0.25) is 0 Å². The van der Waals surface area contributed by atoms with Crippen molar-refractivity contribution in [1.82, 2.24) is 0 Å². The summed E-state index contributed by atoms with van der Waals surface area (Å²) in [5.41, 5.74) is 8.94. The lowest BCUT2D eigenvalue weighted by Gasteiger charge is -2.16. The summed E-state index contributed by atoms with van der Waals surface area (Å²) in [5.74, 6) is 0.642. The van der Waals surface area contributed by atoms with Gasteiger partial charge in [-0.25, -0.2) is 0 Å². The molecule has 0 fully saturated rings. The number of allylic oxidation sites excluding steroid dienone is 2. The van der Waals surface area contributed by atoms with Gasteiger partial charge in [0.25, 0.3) is 0 Å². The van der Waals surface area contributed by atoms with Gasteiger partial charge in [-0.05, 0) is 53.7 Å². The Kier molecular flexibility index (Phi) is 4.47. The first-order chi connectivity index (χ1) is 10.8. The molecule has 0 saturated heterocycles. The van der Waals surface area contributed by atoms with Crippen molar-refractivity contribution in [1.29, 1.82) is 0 Å². The summed E-state index contributed by atoms with van der Waals surface area (Å²) in [6.45, 7) is 6.92. The summed E-state index contributed by atoms with van der Waals surface area (Å²) in [6.07, 6.45) is 5.01. The van der Waals surface area contributed by atoms with Gasteiger partial charge in [-0.2, -0.15) is 0 Å². The quantitative estimate of drug-likeness (QED) is 0.566. The minimum Gasteiger partial charge on any atom is -0.0653 e. The molecule has 0 heteroatoms. The summed E-state index contributed by atoms with van der Waals surface area (Å²) < 4.78 is 0. The maximum atomic E-state index is 2.44. The van der Waals surface area contributed by atoms with Gasteiger partial charge in [0.15, 0.2) is 0 Å². The Morgan fingerprint density at radius 3 is 2.32 bits per heavy atom. The van der Waals surface area contributed by atoms with E-state index in [1.807, 2.05) is 0 Å². The van der Waals surface area contributed by atoms with Crippen LogP contribution < -0.4 is 0 Å². The molecule has 0 amide bonds. The van der Waals surface area contributed by atoms with Crippen molar-refractivity contribution in [3.05, 3.63) is 65.2 Å². The van der Waals surface area contributed by atoms with Crippen LogP contribution in [-0.2, 0) is 0 Å². The molecule has 0 radical (unpaired) electrons. The van der Waals surface area contributed by atoms with E-state index in [0.29, 0.717) is 5.92 Å². The van der Waals surface area contributed by atoms with Crippen LogP contribution in [-0.4, -0.2) is 0 Å². The molecule has 22 heavy (non-hydrogen) atoms. The van der Waals surface area contributed by atoms with Crippen LogP contribution in [0.15, 0.2) is 54.1 Å². The van der Waals surface area contributed by atoms with Crippen molar-refractivity contribution in [3.8, 4) is 11.1 Å². The molecule has 0 nitrogen and oxygen atoms in total. The van der Waals surface area contributed by atoms with Crippen LogP contribution in [0, 0.1) is 0 Å². The zero-order valence-electron chi connectivity index (χ0n) is 14.0. The fourth-order valence-corrected chi connectivity index (χ4v) is 3.87. The summed E-state index contributed by atoms with van der Waals surface area (Å²) in [6, 6.07) is 17.8. The molecule has 2 aromatic carbocycles. The van der Waals surface area contributed by atoms with E-state index in [1.54, 1.807) is 11.1 Å². The van der Waals surface area contributed by atoms with Crippen LogP contribution in [0.2, 0.25) is 0 Å². The third-order valence-electron chi connectivity index (χ3n) is 4.94. The van der Waals surface area contributed by atoms with E-state index in [2.05, 4.69) is 69.3 Å². The van der Waals surface area contributed by atoms with Gasteiger partial charge in [0.1, 0.15) is 0 Å². The normalized spacial score (nSPS) is 17.0. The smallest absolute Gasteiger partial charge is 0.00602 e. The highest BCUT2D eigenvalue weighted by Crippen LogP contribution is 2.47. The van der Waals surface area contributed by atoms with Crippen LogP contribution in [0.4, 0.5) is 0 Å². The van der Waals surface area contributed by atoms with E-state index in [4.69, 9.17) is 0 Å². The van der Waals surface area contributed by atoms with Gasteiger partial charge in [-0.15, -0.1) is 0 Å². The highest BCUT2D eigenvalue weighted by atomic mass is 14.3. The fourth-order valence-electron chi connectivity index (χ4n) is 3.87. The monoisotopic (exact) mass is 290 g/mol. The Morgan fingerprint density at radius 1 is 0.864 bits per heavy atom. The standard InChI is InChI=1S/C22H26/c1-4-9-19-16(3)20-14-13-18(17-11-7-6-8-12-17)15-22(20)21(19)10-5-2/h6-8,11-15,21H,4-5,9-10H2,1-3H3. The van der Waals surface area contributed by atoms with Crippen LogP contribution >= 0.6 is 0 Å². The second kappa shape index (κ2) is 6.52. The molecule has 0 aliphatic heterocycles. The Bertz CT molecular complexity index is 676. The summed E-state index contributed by atoms with van der Waals surface area (Å²) >= 11 is 0. The van der Waals surface area contributed by atoms with Gasteiger partial charge < -0.3 is 0 Å². The molecule has 2 aromatic rings. The summed E-state index contributed by atoms with van der Waals surface area (Å²) in [7, 11) is 0. The Morgan fingerprint density at radius 2 is 1.64 bits per heavy atom. The molecule has 3 rings (SSSR count). The van der Waals surface area contributed by atoms with Gasteiger partial charge in [-0.1, -0.05) is 74.7 Å². The Labute approximate surface area is 134 Å². The third-order valence-corrected chi connectivity index (χ3v) is 4.94. The van der Waals surface area contributed by atoms with Crippen molar-refractivity contribution in [2.45, 2.75) is 52.4 Å². The van der Waals surface area contributed by atoms with E-state index in [0.717, 1.165) is 0 Å². The lowest BCUT2D eigenvalue weighted by molar-refractivity contribution is 0.666. The zero-order chi connectivity index (χ0) is 15.5. The molecule has 114 valence electrons. The molecule has 1 aliphatic carbocycles. The first-order valence-electron chi connectivity index (χ1n) is 8.65. The van der Waals surface area contributed by atoms with Crippen LogP contribution in [0.3, 0.4) is 0 Å². The van der Waals surface area contributed by atoms with Gasteiger partial charge in [0.05, 0.1) is 0 Å². The van der Waals surface area contributed by atoms with Crippen molar-refractivity contribution in [3.63, 3.8) is 0 Å². The van der Waals surface area contributed by atoms with Crippen molar-refractivity contribution in [2.24, 2.45) is 0 Å². The maximum Gasteiger partial charge on any atom is 0.00602 e. The average molecular weight is 290 g/mol. The lowest BCUT2D eigenvalue weighted by Crippen LogP contribution is -1.99. The van der Waals surface area contributed by atoms with Gasteiger partial charge in [0, 0.05) is 5.92 Å². The fraction of sp³-hybridized carbons (Fsp3) is 0.364. The molecule has 0 aromatic heterocycles. The number of benzene rings is 2. The van der Waals surface area contributed by atoms with Crippen LogP contribution in [0.5, 0.6) is 0 Å². The average Bonchev–Trinajstić information content (AvgIpc) is 2.82. The third kappa shape index (κ3) is 2.63. The molecular formula is C22H26. The predicted octanol–water partition coefficient (Wildman–Crippen LogP) is 6.82. The topological polar surface area (TPSA) is 0 Å². The number of rotatable bonds is 5. The molecule has 0 spiro atoms. The first kappa shape index (κ1) is 15.1. The minimum absolute atomic E-state index is 0.642. The van der Waals surface area contributed by atoms with Crippen LogP contribution in [0.25, 0.3) is 16.7 Å². The second-order valence-corrected chi connectivity index (χ2v) is 6.41. The highest BCUT2D eigenvalue weighted by molar-refractivity contribution is 5.80. The van der Waals surface area contributed by atoms with Crippen molar-refractivity contribution < 1.29 is 0 Å². The maximum absolute atomic E-state index is 2.44. The lowest BCUT2D eigenvalue weighted by atomic mass is 9.88. The predicted molar refractivity (Wildman–Crippen MR) is 97.0 cm³/mol. The van der Waals surface area contributed by atoms with E-state index in [9.17, 15) is 0 Å². The first-order valence-corrected chi connectivity index (χ1v) is 8.65. The molecule has 0 heterocycles. The minimum atomic E-state index is 0.642. The van der Waals surface area contributed by atoms with Gasteiger partial charge >= 0.3 is 0 Å². The molecule has 0 bridgehead atoms. The highest BCUT2D eigenvalue weighted by Gasteiger charge is 2.28. The molecular weight excluding hydrogens is 264 g/mol. The summed E-state index contributed by atoms with van der Waals surface area (Å²) in [5, 5.41) is 0. The molecule has 1 aliphatic rings. The number of hydrogen-bond donors (Lipinski definition) is 0. The van der Waals surface area contributed by atoms with Gasteiger partial charge in [0.2, 0.25) is 0 Å². The van der Waals surface area contributed by atoms with E-state index in [1.165, 1.54) is 47.9 Å². The number of fused-ring (bicyclic) bond motifs is 1. The zero-order valence-corrected chi connectivity index (χ0v) is 14.0. The van der Waals surface area contributed by atoms with Crippen molar-refractivity contribution >= 4 is 5.57 Å². The molecule has 1 unspecified atom stereocenters. The largest absolute Gasteiger partial charge is 0.0653 e.